The van der Waals surface area contributed by atoms with Crippen LogP contribution in [0.1, 0.15) is 47.7 Å². The van der Waals surface area contributed by atoms with Crippen molar-refractivity contribution in [2.24, 2.45) is 5.73 Å². The molecule has 0 aliphatic rings. The van der Waals surface area contributed by atoms with Gasteiger partial charge in [0, 0.05) is 21.8 Å². The Labute approximate surface area is 130 Å². The fraction of sp³-hybridized carbons (Fsp3) is 0.500. The molecule has 2 aromatic rings. The van der Waals surface area contributed by atoms with E-state index in [1.165, 1.54) is 15.3 Å². The molecule has 0 aliphatic heterocycles. The predicted octanol–water partition coefficient (Wildman–Crippen LogP) is 4.59. The molecule has 0 bridgehead atoms. The van der Waals surface area contributed by atoms with Gasteiger partial charge in [0.25, 0.3) is 0 Å². The van der Waals surface area contributed by atoms with Gasteiger partial charge in [-0.25, -0.2) is 0 Å². The average molecular weight is 309 g/mol. The minimum Gasteiger partial charge on any atom is -0.326 e. The molecule has 0 radical (unpaired) electrons. The molecule has 2 N–H and O–H groups in total. The van der Waals surface area contributed by atoms with E-state index in [1.807, 2.05) is 22.7 Å². The molecule has 2 aromatic heterocycles. The highest BCUT2D eigenvalue weighted by molar-refractivity contribution is 7.10. The zero-order valence-corrected chi connectivity index (χ0v) is 14.3. The third kappa shape index (κ3) is 3.14. The molecule has 0 amide bonds. The van der Waals surface area contributed by atoms with E-state index >= 15 is 0 Å². The minimum atomic E-state index is 0.166. The van der Waals surface area contributed by atoms with Crippen LogP contribution in [0.25, 0.3) is 0 Å². The lowest BCUT2D eigenvalue weighted by molar-refractivity contribution is 0.163. The van der Waals surface area contributed by atoms with Gasteiger partial charge in [-0.2, -0.15) is 0 Å². The summed E-state index contributed by atoms with van der Waals surface area (Å²) in [6.07, 6.45) is 0.990. The Morgan fingerprint density at radius 2 is 2.00 bits per heavy atom. The van der Waals surface area contributed by atoms with E-state index in [9.17, 15) is 0 Å². The molecule has 20 heavy (non-hydrogen) atoms. The maximum atomic E-state index is 6.44. The maximum Gasteiger partial charge on any atom is 0.0598 e. The Hall–Kier alpha value is -0.680. The Morgan fingerprint density at radius 3 is 2.50 bits per heavy atom. The molecule has 2 nitrogen and oxygen atoms in total. The Kier molecular flexibility index (Phi) is 5.38. The average Bonchev–Trinajstić information content (AvgIpc) is 3.10. The van der Waals surface area contributed by atoms with Crippen LogP contribution in [0.3, 0.4) is 0 Å². The summed E-state index contributed by atoms with van der Waals surface area (Å²) in [6.45, 7) is 6.62. The van der Waals surface area contributed by atoms with Crippen molar-refractivity contribution >= 4 is 22.7 Å². The lowest BCUT2D eigenvalue weighted by Gasteiger charge is -2.36. The van der Waals surface area contributed by atoms with Crippen molar-refractivity contribution in [1.82, 2.24) is 4.90 Å². The van der Waals surface area contributed by atoms with Crippen molar-refractivity contribution in [3.05, 3.63) is 44.3 Å². The number of nitrogens with two attached hydrogens (primary N) is 1. The molecular formula is C16H24N2S2. The fourth-order valence-corrected chi connectivity index (χ4v) is 4.55. The molecule has 4 heteroatoms. The van der Waals surface area contributed by atoms with Gasteiger partial charge in [0.05, 0.1) is 6.04 Å². The molecule has 0 fully saturated rings. The van der Waals surface area contributed by atoms with Gasteiger partial charge in [-0.3, -0.25) is 4.90 Å². The van der Waals surface area contributed by atoms with E-state index < -0.39 is 0 Å². The van der Waals surface area contributed by atoms with E-state index in [4.69, 9.17) is 5.73 Å². The van der Waals surface area contributed by atoms with Gasteiger partial charge in [0.1, 0.15) is 0 Å². The van der Waals surface area contributed by atoms with Crippen LogP contribution < -0.4 is 5.73 Å². The van der Waals surface area contributed by atoms with Gasteiger partial charge in [0.15, 0.2) is 0 Å². The molecule has 0 aromatic carbocycles. The van der Waals surface area contributed by atoms with Crippen LogP contribution in [-0.2, 0) is 0 Å². The van der Waals surface area contributed by atoms with Gasteiger partial charge >= 0.3 is 0 Å². The molecule has 110 valence electrons. The molecule has 3 unspecified atom stereocenters. The SMILES string of the molecule is CCC(N)C(c1sccc1C)N(C)C(C)c1cccs1. The number of rotatable bonds is 6. The van der Waals surface area contributed by atoms with Crippen LogP contribution in [0.2, 0.25) is 0 Å². The summed E-state index contributed by atoms with van der Waals surface area (Å²) >= 11 is 3.64. The van der Waals surface area contributed by atoms with Crippen LogP contribution in [0.5, 0.6) is 0 Å². The quantitative estimate of drug-likeness (QED) is 0.845. The standard InChI is InChI=1S/C16H24N2S2/c1-5-13(17)15(16-11(2)8-10-20-16)18(4)12(3)14-7-6-9-19-14/h6-10,12-13,15H,5,17H2,1-4H3. The van der Waals surface area contributed by atoms with E-state index in [1.54, 1.807) is 0 Å². The van der Waals surface area contributed by atoms with Crippen molar-refractivity contribution in [2.75, 3.05) is 7.05 Å². The first kappa shape index (κ1) is 15.7. The van der Waals surface area contributed by atoms with Crippen LogP contribution in [0, 0.1) is 6.92 Å². The summed E-state index contributed by atoms with van der Waals surface area (Å²) in [5.41, 5.74) is 7.79. The third-order valence-corrected chi connectivity index (χ3v) is 6.18. The van der Waals surface area contributed by atoms with Crippen molar-refractivity contribution < 1.29 is 0 Å². The van der Waals surface area contributed by atoms with Crippen LogP contribution >= 0.6 is 22.7 Å². The van der Waals surface area contributed by atoms with Gasteiger partial charge in [-0.15, -0.1) is 22.7 Å². The normalized spacial score (nSPS) is 16.3. The number of hydrogen-bond donors (Lipinski definition) is 1. The molecule has 2 rings (SSSR count). The second kappa shape index (κ2) is 6.85. The molecule has 2 heterocycles. The van der Waals surface area contributed by atoms with E-state index in [0.717, 1.165) is 6.42 Å². The van der Waals surface area contributed by atoms with Crippen LogP contribution in [-0.4, -0.2) is 18.0 Å². The van der Waals surface area contributed by atoms with Crippen molar-refractivity contribution in [3.63, 3.8) is 0 Å². The van der Waals surface area contributed by atoms with Crippen LogP contribution in [0.4, 0.5) is 0 Å². The lowest BCUT2D eigenvalue weighted by Crippen LogP contribution is -2.39. The summed E-state index contributed by atoms with van der Waals surface area (Å²) in [5.74, 6) is 0. The van der Waals surface area contributed by atoms with E-state index in [-0.39, 0.29) is 12.1 Å². The maximum absolute atomic E-state index is 6.44. The Morgan fingerprint density at radius 1 is 1.25 bits per heavy atom. The summed E-state index contributed by atoms with van der Waals surface area (Å²) in [7, 11) is 2.20. The summed E-state index contributed by atoms with van der Waals surface area (Å²) in [4.78, 5) is 5.24. The van der Waals surface area contributed by atoms with Crippen molar-refractivity contribution in [3.8, 4) is 0 Å². The highest BCUT2D eigenvalue weighted by Crippen LogP contribution is 2.36. The zero-order chi connectivity index (χ0) is 14.7. The highest BCUT2D eigenvalue weighted by Gasteiger charge is 2.29. The number of nitrogens with zero attached hydrogens (tertiary/aromatic N) is 1. The second-order valence-electron chi connectivity index (χ2n) is 5.34. The predicted molar refractivity (Wildman–Crippen MR) is 90.6 cm³/mol. The number of likely N-dealkylation sites (N-methyl/N-ethyl adjacent to an activating group) is 1. The minimum absolute atomic E-state index is 0.166. The topological polar surface area (TPSA) is 29.3 Å². The zero-order valence-electron chi connectivity index (χ0n) is 12.7. The Bertz CT molecular complexity index is 518. The molecular weight excluding hydrogens is 284 g/mol. The summed E-state index contributed by atoms with van der Waals surface area (Å²) in [5, 5.41) is 4.31. The number of aryl methyl sites for hydroxylation is 1. The number of hydrogen-bond acceptors (Lipinski definition) is 4. The fourth-order valence-electron chi connectivity index (χ4n) is 2.56. The molecule has 0 spiro atoms. The molecule has 3 atom stereocenters. The molecule has 0 saturated heterocycles. The molecule has 0 aliphatic carbocycles. The van der Waals surface area contributed by atoms with Crippen molar-refractivity contribution in [1.29, 1.82) is 0 Å². The van der Waals surface area contributed by atoms with E-state index in [2.05, 4.69) is 61.7 Å². The van der Waals surface area contributed by atoms with Gasteiger partial charge in [0.2, 0.25) is 0 Å². The lowest BCUT2D eigenvalue weighted by atomic mass is 9.99. The van der Waals surface area contributed by atoms with Gasteiger partial charge < -0.3 is 5.73 Å². The third-order valence-electron chi connectivity index (χ3n) is 4.05. The highest BCUT2D eigenvalue weighted by atomic mass is 32.1. The van der Waals surface area contributed by atoms with Gasteiger partial charge in [-0.1, -0.05) is 13.0 Å². The number of thiophene rings is 2. The Balaban J connectivity index is 2.29. The first-order valence-corrected chi connectivity index (χ1v) is 8.87. The van der Waals surface area contributed by atoms with E-state index in [0.29, 0.717) is 6.04 Å². The second-order valence-corrected chi connectivity index (χ2v) is 7.27. The summed E-state index contributed by atoms with van der Waals surface area (Å²) < 4.78 is 0. The first-order chi connectivity index (χ1) is 9.56. The largest absolute Gasteiger partial charge is 0.326 e. The summed E-state index contributed by atoms with van der Waals surface area (Å²) in [6, 6.07) is 7.37. The first-order valence-electron chi connectivity index (χ1n) is 7.11. The van der Waals surface area contributed by atoms with Gasteiger partial charge in [-0.05, 0) is 55.8 Å². The smallest absolute Gasteiger partial charge is 0.0598 e. The molecule has 0 saturated carbocycles. The monoisotopic (exact) mass is 308 g/mol. The van der Waals surface area contributed by atoms with Crippen LogP contribution in [0.15, 0.2) is 29.0 Å². The van der Waals surface area contributed by atoms with Crippen molar-refractivity contribution in [2.45, 2.75) is 45.3 Å².